The molecule has 0 radical (unpaired) electrons. The van der Waals surface area contributed by atoms with Crippen molar-refractivity contribution in [3.63, 3.8) is 0 Å². The summed E-state index contributed by atoms with van der Waals surface area (Å²) in [6.45, 7) is 0. The Balaban J connectivity index is 1.89. The van der Waals surface area contributed by atoms with Crippen molar-refractivity contribution in [1.82, 2.24) is 4.98 Å². The molecule has 2 heterocycles. The number of pyridine rings is 1. The summed E-state index contributed by atoms with van der Waals surface area (Å²) in [5.74, 6) is 0.604. The van der Waals surface area contributed by atoms with Crippen LogP contribution in [0.25, 0.3) is 0 Å². The summed E-state index contributed by atoms with van der Waals surface area (Å²) >= 11 is 1.65. The first kappa shape index (κ1) is 14.2. The van der Waals surface area contributed by atoms with E-state index in [9.17, 15) is 10.1 Å². The summed E-state index contributed by atoms with van der Waals surface area (Å²) < 4.78 is 0. The van der Waals surface area contributed by atoms with Crippen LogP contribution in [-0.2, 0) is 0 Å². The maximum Gasteiger partial charge on any atom is 0.287 e. The van der Waals surface area contributed by atoms with Crippen LogP contribution in [-0.4, -0.2) is 9.91 Å². The standard InChI is InChI=1S/C16H13N3O2S/c20-19(21)13-8-9-15(17-11-13)18-16(14-7-4-10-22-14)12-5-2-1-3-6-12/h1-11,16H,(H,17,18). The molecular weight excluding hydrogens is 298 g/mol. The van der Waals surface area contributed by atoms with Gasteiger partial charge in [-0.25, -0.2) is 4.98 Å². The zero-order chi connectivity index (χ0) is 15.4. The third kappa shape index (κ3) is 3.12. The summed E-state index contributed by atoms with van der Waals surface area (Å²) in [6, 6.07) is 17.1. The smallest absolute Gasteiger partial charge is 0.287 e. The number of hydrogen-bond donors (Lipinski definition) is 1. The Morgan fingerprint density at radius 3 is 2.50 bits per heavy atom. The van der Waals surface area contributed by atoms with Gasteiger partial charge in [-0.1, -0.05) is 36.4 Å². The molecule has 0 amide bonds. The van der Waals surface area contributed by atoms with Gasteiger partial charge in [-0.2, -0.15) is 0 Å². The van der Waals surface area contributed by atoms with Gasteiger partial charge in [-0.05, 0) is 23.1 Å². The number of hydrogen-bond acceptors (Lipinski definition) is 5. The van der Waals surface area contributed by atoms with Crippen LogP contribution in [0.3, 0.4) is 0 Å². The van der Waals surface area contributed by atoms with Crippen LogP contribution >= 0.6 is 11.3 Å². The summed E-state index contributed by atoms with van der Waals surface area (Å²) in [6.07, 6.45) is 1.26. The first-order chi connectivity index (χ1) is 10.7. The lowest BCUT2D eigenvalue weighted by Gasteiger charge is -2.18. The molecular formula is C16H13N3O2S. The van der Waals surface area contributed by atoms with E-state index >= 15 is 0 Å². The first-order valence-electron chi connectivity index (χ1n) is 6.69. The summed E-state index contributed by atoms with van der Waals surface area (Å²) in [4.78, 5) is 15.5. The topological polar surface area (TPSA) is 68.1 Å². The van der Waals surface area contributed by atoms with E-state index in [0.29, 0.717) is 5.82 Å². The molecule has 2 aromatic heterocycles. The van der Waals surface area contributed by atoms with Gasteiger partial charge in [0.2, 0.25) is 0 Å². The fraction of sp³-hybridized carbons (Fsp3) is 0.0625. The molecule has 0 aliphatic carbocycles. The van der Waals surface area contributed by atoms with Gasteiger partial charge in [-0.15, -0.1) is 11.3 Å². The van der Waals surface area contributed by atoms with E-state index in [1.165, 1.54) is 12.3 Å². The molecule has 3 aromatic rings. The van der Waals surface area contributed by atoms with Crippen molar-refractivity contribution in [3.8, 4) is 0 Å². The number of rotatable bonds is 5. The van der Waals surface area contributed by atoms with E-state index in [1.807, 2.05) is 41.8 Å². The number of nitrogens with zero attached hydrogens (tertiary/aromatic N) is 2. The number of benzene rings is 1. The van der Waals surface area contributed by atoms with Gasteiger partial charge in [0.1, 0.15) is 12.0 Å². The molecule has 0 bridgehead atoms. The van der Waals surface area contributed by atoms with Crippen LogP contribution in [0.15, 0.2) is 66.2 Å². The van der Waals surface area contributed by atoms with Crippen LogP contribution in [0, 0.1) is 10.1 Å². The first-order valence-corrected chi connectivity index (χ1v) is 7.57. The van der Waals surface area contributed by atoms with Crippen LogP contribution in [0.5, 0.6) is 0 Å². The number of thiophene rings is 1. The Morgan fingerprint density at radius 1 is 1.09 bits per heavy atom. The van der Waals surface area contributed by atoms with E-state index in [1.54, 1.807) is 17.4 Å². The Morgan fingerprint density at radius 2 is 1.91 bits per heavy atom. The van der Waals surface area contributed by atoms with Crippen molar-refractivity contribution in [2.45, 2.75) is 6.04 Å². The number of anilines is 1. The van der Waals surface area contributed by atoms with Crippen LogP contribution in [0.1, 0.15) is 16.5 Å². The molecule has 1 aromatic carbocycles. The van der Waals surface area contributed by atoms with Crippen molar-refractivity contribution < 1.29 is 4.92 Å². The van der Waals surface area contributed by atoms with Crippen molar-refractivity contribution in [2.75, 3.05) is 5.32 Å². The fourth-order valence-electron chi connectivity index (χ4n) is 2.15. The van der Waals surface area contributed by atoms with Crippen LogP contribution in [0.4, 0.5) is 11.5 Å². The Hall–Kier alpha value is -2.73. The third-order valence-electron chi connectivity index (χ3n) is 3.21. The van der Waals surface area contributed by atoms with Crippen LogP contribution in [0.2, 0.25) is 0 Å². The predicted octanol–water partition coefficient (Wildman–Crippen LogP) is 4.25. The molecule has 0 aliphatic heterocycles. The maximum absolute atomic E-state index is 10.7. The molecule has 110 valence electrons. The largest absolute Gasteiger partial charge is 0.358 e. The van der Waals surface area contributed by atoms with Crippen molar-refractivity contribution in [1.29, 1.82) is 0 Å². The van der Waals surface area contributed by atoms with Gasteiger partial charge in [0.25, 0.3) is 5.69 Å². The third-order valence-corrected chi connectivity index (χ3v) is 4.15. The minimum absolute atomic E-state index is 0.0158. The molecule has 3 rings (SSSR count). The average Bonchev–Trinajstić information content (AvgIpc) is 3.08. The van der Waals surface area contributed by atoms with Gasteiger partial charge in [-0.3, -0.25) is 10.1 Å². The Kier molecular flexibility index (Phi) is 4.11. The second-order valence-electron chi connectivity index (χ2n) is 4.66. The lowest BCUT2D eigenvalue weighted by atomic mass is 10.1. The highest BCUT2D eigenvalue weighted by Gasteiger charge is 2.16. The molecule has 22 heavy (non-hydrogen) atoms. The number of nitrogens with one attached hydrogen (secondary N) is 1. The molecule has 0 saturated carbocycles. The van der Waals surface area contributed by atoms with Gasteiger partial charge < -0.3 is 5.32 Å². The molecule has 0 spiro atoms. The van der Waals surface area contributed by atoms with Gasteiger partial charge in [0, 0.05) is 10.9 Å². The maximum atomic E-state index is 10.7. The normalized spacial score (nSPS) is 11.8. The predicted molar refractivity (Wildman–Crippen MR) is 87.1 cm³/mol. The highest BCUT2D eigenvalue weighted by Crippen LogP contribution is 2.29. The van der Waals surface area contributed by atoms with Gasteiger partial charge >= 0.3 is 0 Å². The molecule has 1 N–H and O–H groups in total. The lowest BCUT2D eigenvalue weighted by molar-refractivity contribution is -0.385. The van der Waals surface area contributed by atoms with E-state index in [4.69, 9.17) is 0 Å². The summed E-state index contributed by atoms with van der Waals surface area (Å²) in [5.41, 5.74) is 1.10. The monoisotopic (exact) mass is 311 g/mol. The van der Waals surface area contributed by atoms with Crippen molar-refractivity contribution >= 4 is 22.8 Å². The molecule has 6 heteroatoms. The SMILES string of the molecule is O=[N+]([O-])c1ccc(NC(c2ccccc2)c2cccs2)nc1. The quantitative estimate of drug-likeness (QED) is 0.565. The lowest BCUT2D eigenvalue weighted by Crippen LogP contribution is -2.11. The van der Waals surface area contributed by atoms with E-state index < -0.39 is 4.92 Å². The van der Waals surface area contributed by atoms with Crippen LogP contribution < -0.4 is 5.32 Å². The fourth-order valence-corrected chi connectivity index (χ4v) is 2.95. The van der Waals surface area contributed by atoms with Crippen molar-refractivity contribution in [2.24, 2.45) is 0 Å². The molecule has 1 unspecified atom stereocenters. The highest BCUT2D eigenvalue weighted by molar-refractivity contribution is 7.10. The zero-order valence-electron chi connectivity index (χ0n) is 11.5. The Bertz CT molecular complexity index is 743. The number of nitro groups is 1. The van der Waals surface area contributed by atoms with E-state index in [0.717, 1.165) is 10.4 Å². The summed E-state index contributed by atoms with van der Waals surface area (Å²) in [5, 5.41) is 16.1. The second kappa shape index (κ2) is 6.36. The van der Waals surface area contributed by atoms with Crippen molar-refractivity contribution in [3.05, 3.63) is 86.7 Å². The van der Waals surface area contributed by atoms with E-state index in [-0.39, 0.29) is 11.7 Å². The molecule has 1 atom stereocenters. The van der Waals surface area contributed by atoms with E-state index in [2.05, 4.69) is 16.4 Å². The molecule has 0 aliphatic rings. The molecule has 0 fully saturated rings. The molecule has 5 nitrogen and oxygen atoms in total. The highest BCUT2D eigenvalue weighted by atomic mass is 32.1. The second-order valence-corrected chi connectivity index (χ2v) is 5.64. The number of aromatic nitrogens is 1. The van der Waals surface area contributed by atoms with Gasteiger partial charge in [0.05, 0.1) is 11.0 Å². The zero-order valence-corrected chi connectivity index (χ0v) is 12.4. The minimum Gasteiger partial charge on any atom is -0.358 e. The minimum atomic E-state index is -0.454. The average molecular weight is 311 g/mol. The summed E-state index contributed by atoms with van der Waals surface area (Å²) in [7, 11) is 0. The molecule has 0 saturated heterocycles. The van der Waals surface area contributed by atoms with Gasteiger partial charge in [0.15, 0.2) is 0 Å². The Labute approximate surface area is 131 Å².